The molecule has 3 rings (SSSR count). The van der Waals surface area contributed by atoms with Crippen LogP contribution in [0.5, 0.6) is 0 Å². The topological polar surface area (TPSA) is 57.9 Å². The highest BCUT2D eigenvalue weighted by Gasteiger charge is 2.33. The van der Waals surface area contributed by atoms with Gasteiger partial charge in [0.05, 0.1) is 18.4 Å². The van der Waals surface area contributed by atoms with Crippen LogP contribution in [0, 0.1) is 5.41 Å². The quantitative estimate of drug-likeness (QED) is 0.879. The lowest BCUT2D eigenvalue weighted by atomic mass is 9.80. The van der Waals surface area contributed by atoms with E-state index in [1.54, 1.807) is 0 Å². The molecule has 0 amide bonds. The minimum Gasteiger partial charge on any atom is -0.341 e. The molecule has 1 fully saturated rings. The maximum Gasteiger partial charge on any atom is 0.120 e. The number of benzene rings is 1. The third-order valence-corrected chi connectivity index (χ3v) is 5.08. The van der Waals surface area contributed by atoms with Gasteiger partial charge in [0.15, 0.2) is 0 Å². The van der Waals surface area contributed by atoms with Gasteiger partial charge in [0, 0.05) is 23.6 Å². The van der Waals surface area contributed by atoms with Crippen molar-refractivity contribution in [3.05, 3.63) is 40.8 Å². The van der Waals surface area contributed by atoms with Crippen molar-refractivity contribution in [3.8, 4) is 11.3 Å². The molecule has 4 nitrogen and oxygen atoms in total. The second kappa shape index (κ2) is 6.14. The monoisotopic (exact) mass is 362 g/mol. The van der Waals surface area contributed by atoms with Crippen LogP contribution >= 0.6 is 15.9 Å². The summed E-state index contributed by atoms with van der Waals surface area (Å²) in [4.78, 5) is 10.4. The SMILES string of the molecule is CC1(C)CN(Cc2ncc(-c3ccc(Br)cc3)[nH]2)CCC1N. The molecule has 3 N–H and O–H groups in total. The first-order valence-corrected chi connectivity index (χ1v) is 8.51. The second-order valence-electron chi connectivity index (χ2n) is 6.84. The van der Waals surface area contributed by atoms with Crippen molar-refractivity contribution in [2.75, 3.05) is 13.1 Å². The minimum absolute atomic E-state index is 0.166. The fourth-order valence-corrected chi connectivity index (χ4v) is 3.32. The van der Waals surface area contributed by atoms with Crippen LogP contribution in [0.1, 0.15) is 26.1 Å². The minimum atomic E-state index is 0.166. The van der Waals surface area contributed by atoms with E-state index in [0.29, 0.717) is 6.04 Å². The van der Waals surface area contributed by atoms with Gasteiger partial charge < -0.3 is 10.7 Å². The zero-order chi connectivity index (χ0) is 15.7. The number of aromatic nitrogens is 2. The second-order valence-corrected chi connectivity index (χ2v) is 7.76. The van der Waals surface area contributed by atoms with Crippen molar-refractivity contribution in [3.63, 3.8) is 0 Å². The van der Waals surface area contributed by atoms with Crippen LogP contribution in [0.15, 0.2) is 34.9 Å². The Morgan fingerprint density at radius 3 is 2.77 bits per heavy atom. The van der Waals surface area contributed by atoms with Gasteiger partial charge in [0.2, 0.25) is 0 Å². The van der Waals surface area contributed by atoms with E-state index in [-0.39, 0.29) is 5.41 Å². The smallest absolute Gasteiger partial charge is 0.120 e. The third kappa shape index (κ3) is 3.42. The fraction of sp³-hybridized carbons (Fsp3) is 0.471. The van der Waals surface area contributed by atoms with E-state index in [4.69, 9.17) is 5.73 Å². The molecule has 1 aliphatic heterocycles. The highest BCUT2D eigenvalue weighted by Crippen LogP contribution is 2.28. The molecule has 1 aliphatic rings. The van der Waals surface area contributed by atoms with E-state index < -0.39 is 0 Å². The molecule has 5 heteroatoms. The Morgan fingerprint density at radius 2 is 2.09 bits per heavy atom. The number of rotatable bonds is 3. The number of imidazole rings is 1. The molecule has 1 unspecified atom stereocenters. The largest absolute Gasteiger partial charge is 0.341 e. The molecular formula is C17H23BrN4. The van der Waals surface area contributed by atoms with Gasteiger partial charge in [-0.15, -0.1) is 0 Å². The molecule has 1 aromatic carbocycles. The van der Waals surface area contributed by atoms with Gasteiger partial charge in [0.1, 0.15) is 5.82 Å². The third-order valence-electron chi connectivity index (χ3n) is 4.55. The molecule has 0 aliphatic carbocycles. The molecule has 0 saturated carbocycles. The number of hydrogen-bond donors (Lipinski definition) is 2. The zero-order valence-electron chi connectivity index (χ0n) is 13.1. The molecule has 2 heterocycles. The van der Waals surface area contributed by atoms with Crippen molar-refractivity contribution in [1.29, 1.82) is 0 Å². The summed E-state index contributed by atoms with van der Waals surface area (Å²) < 4.78 is 1.09. The Hall–Kier alpha value is -1.17. The molecule has 2 aromatic rings. The number of likely N-dealkylation sites (tertiary alicyclic amines) is 1. The van der Waals surface area contributed by atoms with Crippen LogP contribution in [0.2, 0.25) is 0 Å². The first-order valence-electron chi connectivity index (χ1n) is 7.72. The van der Waals surface area contributed by atoms with Crippen LogP contribution in [0.25, 0.3) is 11.3 Å². The Kier molecular flexibility index (Phi) is 4.39. The average Bonchev–Trinajstić information content (AvgIpc) is 2.92. The molecule has 22 heavy (non-hydrogen) atoms. The Balaban J connectivity index is 1.68. The molecule has 1 atom stereocenters. The summed E-state index contributed by atoms with van der Waals surface area (Å²) in [5.41, 5.74) is 8.59. The predicted octanol–water partition coefficient (Wildman–Crippen LogP) is 3.40. The highest BCUT2D eigenvalue weighted by atomic mass is 79.9. The van der Waals surface area contributed by atoms with Crippen molar-refractivity contribution in [2.45, 2.75) is 32.9 Å². The van der Waals surface area contributed by atoms with Crippen molar-refractivity contribution >= 4 is 15.9 Å². The lowest BCUT2D eigenvalue weighted by Crippen LogP contribution is -2.52. The van der Waals surface area contributed by atoms with Gasteiger partial charge >= 0.3 is 0 Å². The molecule has 1 aromatic heterocycles. The standard InChI is InChI=1S/C17H23BrN4/c1-17(2)11-22(8-7-15(17)19)10-16-20-9-14(21-16)12-3-5-13(18)6-4-12/h3-6,9,15H,7-8,10-11,19H2,1-2H3,(H,20,21). The van der Waals surface area contributed by atoms with Gasteiger partial charge in [-0.2, -0.15) is 0 Å². The van der Waals surface area contributed by atoms with E-state index in [9.17, 15) is 0 Å². The molecule has 0 bridgehead atoms. The van der Waals surface area contributed by atoms with E-state index in [0.717, 1.165) is 47.6 Å². The predicted molar refractivity (Wildman–Crippen MR) is 93.4 cm³/mol. The van der Waals surface area contributed by atoms with Crippen LogP contribution in [-0.2, 0) is 6.54 Å². The van der Waals surface area contributed by atoms with Crippen LogP contribution in [0.4, 0.5) is 0 Å². The molecule has 0 radical (unpaired) electrons. The Labute approximate surface area is 140 Å². The zero-order valence-corrected chi connectivity index (χ0v) is 14.7. The average molecular weight is 363 g/mol. The molecular weight excluding hydrogens is 340 g/mol. The van der Waals surface area contributed by atoms with E-state index >= 15 is 0 Å². The van der Waals surface area contributed by atoms with Crippen molar-refractivity contribution < 1.29 is 0 Å². The lowest BCUT2D eigenvalue weighted by molar-refractivity contribution is 0.0880. The van der Waals surface area contributed by atoms with Gasteiger partial charge in [-0.1, -0.05) is 41.9 Å². The summed E-state index contributed by atoms with van der Waals surface area (Å²) in [5, 5.41) is 0. The maximum absolute atomic E-state index is 6.21. The van der Waals surface area contributed by atoms with Gasteiger partial charge in [-0.25, -0.2) is 4.98 Å². The van der Waals surface area contributed by atoms with Crippen LogP contribution in [-0.4, -0.2) is 34.0 Å². The highest BCUT2D eigenvalue weighted by molar-refractivity contribution is 9.10. The molecule has 0 spiro atoms. The summed E-state index contributed by atoms with van der Waals surface area (Å²) in [6.45, 7) is 7.41. The number of halogens is 1. The first kappa shape index (κ1) is 15.7. The number of piperidine rings is 1. The van der Waals surface area contributed by atoms with Gasteiger partial charge in [-0.3, -0.25) is 4.90 Å². The number of nitrogens with zero attached hydrogens (tertiary/aromatic N) is 2. The number of nitrogens with two attached hydrogens (primary N) is 1. The summed E-state index contributed by atoms with van der Waals surface area (Å²) in [5.74, 6) is 1.02. The number of hydrogen-bond acceptors (Lipinski definition) is 3. The van der Waals surface area contributed by atoms with Gasteiger partial charge in [-0.05, 0) is 29.5 Å². The summed E-state index contributed by atoms with van der Waals surface area (Å²) in [6.07, 6.45) is 2.96. The van der Waals surface area contributed by atoms with Crippen molar-refractivity contribution in [2.24, 2.45) is 11.1 Å². The Bertz CT molecular complexity index is 632. The number of nitrogens with one attached hydrogen (secondary N) is 1. The maximum atomic E-state index is 6.21. The molecule has 1 saturated heterocycles. The summed E-state index contributed by atoms with van der Waals surface area (Å²) in [6, 6.07) is 8.56. The van der Waals surface area contributed by atoms with Crippen LogP contribution in [0.3, 0.4) is 0 Å². The fourth-order valence-electron chi connectivity index (χ4n) is 3.05. The normalized spacial score (nSPS) is 21.9. The first-order chi connectivity index (χ1) is 10.4. The van der Waals surface area contributed by atoms with Gasteiger partial charge in [0.25, 0.3) is 0 Å². The van der Waals surface area contributed by atoms with Crippen molar-refractivity contribution in [1.82, 2.24) is 14.9 Å². The van der Waals surface area contributed by atoms with E-state index in [1.165, 1.54) is 0 Å². The Morgan fingerprint density at radius 1 is 1.36 bits per heavy atom. The van der Waals surface area contributed by atoms with Crippen LogP contribution < -0.4 is 5.73 Å². The summed E-state index contributed by atoms with van der Waals surface area (Å²) in [7, 11) is 0. The van der Waals surface area contributed by atoms with E-state index in [2.05, 4.69) is 56.8 Å². The van der Waals surface area contributed by atoms with E-state index in [1.807, 2.05) is 18.3 Å². The summed E-state index contributed by atoms with van der Waals surface area (Å²) >= 11 is 3.46. The lowest BCUT2D eigenvalue weighted by Gasteiger charge is -2.42. The molecule has 118 valence electrons. The number of aromatic amines is 1. The number of H-pyrrole nitrogens is 1.